The van der Waals surface area contributed by atoms with Crippen LogP contribution in [0.1, 0.15) is 6.92 Å². The van der Waals surface area contributed by atoms with Crippen LogP contribution >= 0.6 is 7.82 Å². The number of hydrogen-bond donors (Lipinski definition) is 9. The maximum Gasteiger partial charge on any atom is 0.470 e. The van der Waals surface area contributed by atoms with Crippen molar-refractivity contribution >= 4 is 13.7 Å². The van der Waals surface area contributed by atoms with E-state index in [9.17, 15) is 40.0 Å². The lowest BCUT2D eigenvalue weighted by molar-refractivity contribution is -0.343. The fraction of sp³-hybridized carbons (Fsp3) is 0.929. The third kappa shape index (κ3) is 5.92. The predicted octanol–water partition coefficient (Wildman–Crippen LogP) is -5.14. The molecule has 2 saturated heterocycles. The minimum Gasteiger partial charge on any atom is -0.394 e. The van der Waals surface area contributed by atoms with E-state index >= 15 is 0 Å². The van der Waals surface area contributed by atoms with Crippen LogP contribution in [0.15, 0.2) is 0 Å². The van der Waals surface area contributed by atoms with Gasteiger partial charge in [-0.15, -0.1) is 0 Å². The summed E-state index contributed by atoms with van der Waals surface area (Å²) in [6, 6.07) is -1.41. The summed E-state index contributed by atoms with van der Waals surface area (Å²) in [6.07, 6.45) is -15.5. The molecule has 0 spiro atoms. The average Bonchev–Trinajstić information content (AvgIpc) is 2.65. The quantitative estimate of drug-likeness (QED) is 0.160. The van der Waals surface area contributed by atoms with Crippen LogP contribution in [0.4, 0.5) is 0 Å². The van der Waals surface area contributed by atoms with Gasteiger partial charge in [0.2, 0.25) is 5.91 Å². The molecule has 1 amide bonds. The topological polar surface area (TPSA) is 245 Å². The number of phosphoric acid groups is 1. The van der Waals surface area contributed by atoms with Gasteiger partial charge in [0.1, 0.15) is 48.8 Å². The smallest absolute Gasteiger partial charge is 0.394 e. The van der Waals surface area contributed by atoms with Crippen LogP contribution < -0.4 is 5.32 Å². The first-order chi connectivity index (χ1) is 13.9. The Morgan fingerprint density at radius 2 is 1.57 bits per heavy atom. The second kappa shape index (κ2) is 10.2. The van der Waals surface area contributed by atoms with Gasteiger partial charge in [0.25, 0.3) is 0 Å². The summed E-state index contributed by atoms with van der Waals surface area (Å²) in [4.78, 5) is 29.5. The van der Waals surface area contributed by atoms with Crippen molar-refractivity contribution in [1.29, 1.82) is 0 Å². The first-order valence-corrected chi connectivity index (χ1v) is 10.3. The van der Waals surface area contributed by atoms with Gasteiger partial charge >= 0.3 is 7.82 Å². The molecule has 10 atom stereocenters. The van der Waals surface area contributed by atoms with Crippen molar-refractivity contribution in [3.8, 4) is 0 Å². The van der Waals surface area contributed by atoms with Gasteiger partial charge in [-0.05, 0) is 0 Å². The average molecular weight is 463 g/mol. The van der Waals surface area contributed by atoms with E-state index in [1.165, 1.54) is 0 Å². The van der Waals surface area contributed by atoms with Crippen LogP contribution in [0.25, 0.3) is 0 Å². The first-order valence-electron chi connectivity index (χ1n) is 8.81. The zero-order valence-electron chi connectivity index (χ0n) is 15.7. The molecule has 2 heterocycles. The van der Waals surface area contributed by atoms with Gasteiger partial charge in [-0.3, -0.25) is 9.32 Å². The first kappa shape index (κ1) is 25.5. The molecule has 0 bridgehead atoms. The molecule has 0 aliphatic carbocycles. The SMILES string of the molecule is CC(=O)N[C@H]1C(O)O[C@H](CO)[C@@H](O[C@H]2O[C@H](CO)[C@@H](O)[C@H](O)[C@@H]2OP(=O)(O)O)[C@@H]1O. The number of carbonyl (C=O) groups excluding carboxylic acids is 1. The maximum atomic E-state index is 11.3. The van der Waals surface area contributed by atoms with Crippen molar-refractivity contribution in [3.05, 3.63) is 0 Å². The number of carbonyl (C=O) groups is 1. The van der Waals surface area contributed by atoms with Crippen LogP contribution in [-0.4, -0.2) is 121 Å². The summed E-state index contributed by atoms with van der Waals surface area (Å²) in [5.74, 6) is -0.640. The number of hydrogen-bond acceptors (Lipinski definition) is 12. The Kier molecular flexibility index (Phi) is 8.68. The van der Waals surface area contributed by atoms with E-state index in [0.717, 1.165) is 6.92 Å². The van der Waals surface area contributed by atoms with Crippen LogP contribution in [0.5, 0.6) is 0 Å². The van der Waals surface area contributed by atoms with Crippen molar-refractivity contribution in [3.63, 3.8) is 0 Å². The molecule has 0 aromatic heterocycles. The summed E-state index contributed by atoms with van der Waals surface area (Å²) in [5, 5.41) is 61.6. The summed E-state index contributed by atoms with van der Waals surface area (Å²) >= 11 is 0. The number of ether oxygens (including phenoxy) is 3. The Hall–Kier alpha value is -0.780. The van der Waals surface area contributed by atoms with Crippen LogP contribution in [0.2, 0.25) is 0 Å². The van der Waals surface area contributed by atoms with Gasteiger partial charge in [0.15, 0.2) is 12.6 Å². The molecule has 0 radical (unpaired) electrons. The van der Waals surface area contributed by atoms with E-state index < -0.39 is 88.3 Å². The third-order valence-electron chi connectivity index (χ3n) is 4.62. The molecular weight excluding hydrogens is 437 g/mol. The van der Waals surface area contributed by atoms with Gasteiger partial charge in [0.05, 0.1) is 13.2 Å². The van der Waals surface area contributed by atoms with Gasteiger partial charge in [-0.2, -0.15) is 0 Å². The van der Waals surface area contributed by atoms with E-state index in [1.54, 1.807) is 0 Å². The van der Waals surface area contributed by atoms with Gasteiger partial charge in [-0.25, -0.2) is 4.57 Å². The molecule has 30 heavy (non-hydrogen) atoms. The lowest BCUT2D eigenvalue weighted by Gasteiger charge is -2.47. The molecule has 0 saturated carbocycles. The monoisotopic (exact) mass is 463 g/mol. The highest BCUT2D eigenvalue weighted by atomic mass is 31.2. The Morgan fingerprint density at radius 1 is 0.967 bits per heavy atom. The molecule has 2 aliphatic rings. The summed E-state index contributed by atoms with van der Waals surface area (Å²) in [6.45, 7) is -0.511. The molecular formula is C14H26NO14P. The number of rotatable bonds is 7. The second-order valence-electron chi connectivity index (χ2n) is 6.83. The molecule has 9 N–H and O–H groups in total. The normalized spacial score (nSPS) is 42.7. The van der Waals surface area contributed by atoms with Crippen molar-refractivity contribution in [2.24, 2.45) is 0 Å². The standard InChI is InChI=1S/C14H26NO14P/c1-4(18)15-7-9(20)11(6(3-17)26-13(7)22)28-14-12(29-30(23,24)25)10(21)8(19)5(2-16)27-14/h5-14,16-17,19-22H,2-3H2,1H3,(H,15,18)(H2,23,24,25)/t5-,6-,7-,8-,9-,10+,11-,12+,13?,14-/m1/s1. The van der Waals surface area contributed by atoms with Gasteiger partial charge in [0, 0.05) is 6.92 Å². The molecule has 2 fully saturated rings. The second-order valence-corrected chi connectivity index (χ2v) is 8.02. The third-order valence-corrected chi connectivity index (χ3v) is 5.14. The number of nitrogens with one attached hydrogen (secondary N) is 1. The lowest BCUT2D eigenvalue weighted by Crippen LogP contribution is -2.67. The molecule has 0 aromatic carbocycles. The summed E-state index contributed by atoms with van der Waals surface area (Å²) in [7, 11) is -5.23. The van der Waals surface area contributed by atoms with E-state index in [0.29, 0.717) is 0 Å². The number of aliphatic hydroxyl groups is 6. The summed E-state index contributed by atoms with van der Waals surface area (Å²) in [5.41, 5.74) is 0. The summed E-state index contributed by atoms with van der Waals surface area (Å²) < 4.78 is 31.5. The van der Waals surface area contributed by atoms with Crippen LogP contribution in [-0.2, 0) is 28.1 Å². The zero-order valence-corrected chi connectivity index (χ0v) is 16.6. The van der Waals surface area contributed by atoms with Crippen molar-refractivity contribution in [2.45, 2.75) is 68.3 Å². The fourth-order valence-electron chi connectivity index (χ4n) is 3.23. The molecule has 16 heteroatoms. The number of amides is 1. The van der Waals surface area contributed by atoms with Gasteiger partial charge in [-0.1, -0.05) is 0 Å². The number of aliphatic hydroxyl groups excluding tert-OH is 6. The van der Waals surface area contributed by atoms with E-state index in [2.05, 4.69) is 9.84 Å². The van der Waals surface area contributed by atoms with E-state index in [-0.39, 0.29) is 0 Å². The van der Waals surface area contributed by atoms with Crippen LogP contribution in [0.3, 0.4) is 0 Å². The highest BCUT2D eigenvalue weighted by molar-refractivity contribution is 7.46. The van der Waals surface area contributed by atoms with E-state index in [4.69, 9.17) is 24.0 Å². The molecule has 1 unspecified atom stereocenters. The van der Waals surface area contributed by atoms with Crippen molar-refractivity contribution in [1.82, 2.24) is 5.32 Å². The molecule has 0 aromatic rings. The predicted molar refractivity (Wildman–Crippen MR) is 91.1 cm³/mol. The van der Waals surface area contributed by atoms with Crippen LogP contribution in [0, 0.1) is 0 Å². The van der Waals surface area contributed by atoms with E-state index in [1.807, 2.05) is 0 Å². The Labute approximate surface area is 170 Å². The molecule has 2 rings (SSSR count). The zero-order chi connectivity index (χ0) is 22.8. The Morgan fingerprint density at radius 3 is 2.07 bits per heavy atom. The van der Waals surface area contributed by atoms with Gasteiger partial charge < -0.3 is 60.0 Å². The highest BCUT2D eigenvalue weighted by Gasteiger charge is 2.52. The Bertz CT molecular complexity index is 632. The Balaban J connectivity index is 2.30. The number of phosphoric ester groups is 1. The van der Waals surface area contributed by atoms with Crippen molar-refractivity contribution < 1.29 is 68.5 Å². The maximum absolute atomic E-state index is 11.3. The minimum absolute atomic E-state index is 0.640. The molecule has 176 valence electrons. The largest absolute Gasteiger partial charge is 0.470 e. The molecule has 15 nitrogen and oxygen atoms in total. The highest BCUT2D eigenvalue weighted by Crippen LogP contribution is 2.42. The lowest BCUT2D eigenvalue weighted by atomic mass is 9.95. The minimum atomic E-state index is -5.23. The molecule has 2 aliphatic heterocycles. The fourth-order valence-corrected chi connectivity index (χ4v) is 3.77. The van der Waals surface area contributed by atoms with Crippen molar-refractivity contribution in [2.75, 3.05) is 13.2 Å².